The van der Waals surface area contributed by atoms with Crippen LogP contribution in [0.2, 0.25) is 10.0 Å². The summed E-state index contributed by atoms with van der Waals surface area (Å²) in [4.78, 5) is 1.89. The summed E-state index contributed by atoms with van der Waals surface area (Å²) in [5.41, 5.74) is 6.07. The minimum Gasteiger partial charge on any atom is -0.326 e. The van der Waals surface area contributed by atoms with Crippen LogP contribution in [0.1, 0.15) is 12.5 Å². The van der Waals surface area contributed by atoms with E-state index in [9.17, 15) is 8.42 Å². The summed E-state index contributed by atoms with van der Waals surface area (Å²) in [6, 6.07) is 2.56. The molecule has 3 N–H and O–H groups in total. The van der Waals surface area contributed by atoms with E-state index >= 15 is 0 Å². The van der Waals surface area contributed by atoms with Crippen molar-refractivity contribution in [2.45, 2.75) is 24.4 Å². The van der Waals surface area contributed by atoms with Gasteiger partial charge in [0.1, 0.15) is 4.90 Å². The molecule has 0 radical (unpaired) electrons. The normalized spacial score (nSPS) is 13.8. The molecular weight excluding hydrogens is 321 g/mol. The fourth-order valence-corrected chi connectivity index (χ4v) is 3.96. The minimum absolute atomic E-state index is 0.00498. The third-order valence-electron chi connectivity index (χ3n) is 2.61. The highest BCUT2D eigenvalue weighted by atomic mass is 35.5. The molecule has 1 rings (SSSR count). The zero-order chi connectivity index (χ0) is 15.5. The second-order valence-electron chi connectivity index (χ2n) is 4.86. The Hall–Kier alpha value is -0.370. The lowest BCUT2D eigenvalue weighted by atomic mass is 10.2. The summed E-state index contributed by atoms with van der Waals surface area (Å²) in [5, 5.41) is 0.439. The van der Waals surface area contributed by atoms with Gasteiger partial charge in [0.25, 0.3) is 0 Å². The summed E-state index contributed by atoms with van der Waals surface area (Å²) in [6.07, 6.45) is 0. The molecule has 0 fully saturated rings. The maximum absolute atomic E-state index is 12.3. The molecule has 0 aliphatic carbocycles. The first kappa shape index (κ1) is 17.7. The minimum atomic E-state index is -3.71. The Morgan fingerprint density at radius 1 is 1.30 bits per heavy atom. The summed E-state index contributed by atoms with van der Waals surface area (Å²) >= 11 is 11.9. The zero-order valence-corrected chi connectivity index (χ0v) is 14.0. The van der Waals surface area contributed by atoms with Crippen LogP contribution in [0, 0.1) is 0 Å². The van der Waals surface area contributed by atoms with E-state index in [2.05, 4.69) is 4.72 Å². The maximum Gasteiger partial charge on any atom is 0.242 e. The van der Waals surface area contributed by atoms with Gasteiger partial charge in [-0.25, -0.2) is 13.1 Å². The average molecular weight is 340 g/mol. The number of halogens is 2. The number of benzene rings is 1. The third-order valence-corrected chi connectivity index (χ3v) is 5.01. The van der Waals surface area contributed by atoms with Crippen LogP contribution >= 0.6 is 23.2 Å². The molecule has 0 bridgehead atoms. The van der Waals surface area contributed by atoms with Crippen molar-refractivity contribution < 1.29 is 8.42 Å². The number of nitrogens with zero attached hydrogens (tertiary/aromatic N) is 1. The van der Waals surface area contributed by atoms with Gasteiger partial charge in [-0.15, -0.1) is 0 Å². The van der Waals surface area contributed by atoms with Gasteiger partial charge in [-0.05, 0) is 38.7 Å². The Labute approximate surface area is 130 Å². The van der Waals surface area contributed by atoms with Gasteiger partial charge >= 0.3 is 0 Å². The summed E-state index contributed by atoms with van der Waals surface area (Å²) in [5.74, 6) is 0. The molecule has 20 heavy (non-hydrogen) atoms. The molecule has 114 valence electrons. The van der Waals surface area contributed by atoms with Crippen LogP contribution in [0.15, 0.2) is 17.0 Å². The molecule has 0 aliphatic rings. The molecule has 0 aliphatic heterocycles. The lowest BCUT2D eigenvalue weighted by Gasteiger charge is -2.19. The van der Waals surface area contributed by atoms with E-state index in [0.29, 0.717) is 17.1 Å². The zero-order valence-electron chi connectivity index (χ0n) is 11.7. The highest BCUT2D eigenvalue weighted by Crippen LogP contribution is 2.28. The van der Waals surface area contributed by atoms with E-state index in [4.69, 9.17) is 28.9 Å². The molecule has 1 atom stereocenters. The van der Waals surface area contributed by atoms with Gasteiger partial charge in [-0.2, -0.15) is 0 Å². The van der Waals surface area contributed by atoms with Crippen molar-refractivity contribution >= 4 is 33.2 Å². The van der Waals surface area contributed by atoms with E-state index in [1.807, 2.05) is 19.0 Å². The standard InChI is InChI=1S/C12H19Cl2N3O2S/c1-8(7-17(2)3)16-20(18,19)12-4-9(6-15)10(13)5-11(12)14/h4-5,8,16H,6-7,15H2,1-3H3. The molecule has 8 heteroatoms. The summed E-state index contributed by atoms with van der Waals surface area (Å²) < 4.78 is 27.2. The number of nitrogens with one attached hydrogen (secondary N) is 1. The smallest absolute Gasteiger partial charge is 0.242 e. The van der Waals surface area contributed by atoms with E-state index in [-0.39, 0.29) is 22.5 Å². The van der Waals surface area contributed by atoms with Crippen molar-refractivity contribution in [3.63, 3.8) is 0 Å². The van der Waals surface area contributed by atoms with Crippen molar-refractivity contribution in [3.05, 3.63) is 27.7 Å². The van der Waals surface area contributed by atoms with Gasteiger partial charge in [0.15, 0.2) is 0 Å². The number of likely N-dealkylation sites (N-methyl/N-ethyl adjacent to an activating group) is 1. The topological polar surface area (TPSA) is 75.4 Å². The van der Waals surface area contributed by atoms with E-state index < -0.39 is 10.0 Å². The van der Waals surface area contributed by atoms with Gasteiger partial charge in [-0.1, -0.05) is 23.2 Å². The molecule has 0 saturated heterocycles. The monoisotopic (exact) mass is 339 g/mol. The summed E-state index contributed by atoms with van der Waals surface area (Å²) in [6.45, 7) is 2.51. The quantitative estimate of drug-likeness (QED) is 0.826. The van der Waals surface area contributed by atoms with Crippen LogP contribution in [0.4, 0.5) is 0 Å². The van der Waals surface area contributed by atoms with Crippen LogP contribution < -0.4 is 10.5 Å². The number of hydrogen-bond donors (Lipinski definition) is 2. The van der Waals surface area contributed by atoms with Gasteiger partial charge < -0.3 is 10.6 Å². The first-order valence-corrected chi connectivity index (χ1v) is 8.26. The first-order valence-electron chi connectivity index (χ1n) is 6.02. The van der Waals surface area contributed by atoms with Crippen molar-refractivity contribution in [1.29, 1.82) is 0 Å². The van der Waals surface area contributed by atoms with Crippen LogP contribution in [0.3, 0.4) is 0 Å². The molecule has 0 spiro atoms. The molecule has 0 aromatic heterocycles. The van der Waals surface area contributed by atoms with Crippen LogP contribution in [-0.2, 0) is 16.6 Å². The highest BCUT2D eigenvalue weighted by Gasteiger charge is 2.22. The number of sulfonamides is 1. The Morgan fingerprint density at radius 3 is 2.40 bits per heavy atom. The van der Waals surface area contributed by atoms with Crippen LogP contribution in [0.25, 0.3) is 0 Å². The summed E-state index contributed by atoms with van der Waals surface area (Å²) in [7, 11) is 0.0273. The van der Waals surface area contributed by atoms with Crippen molar-refractivity contribution in [1.82, 2.24) is 9.62 Å². The average Bonchev–Trinajstić information content (AvgIpc) is 2.26. The van der Waals surface area contributed by atoms with Crippen molar-refractivity contribution in [2.75, 3.05) is 20.6 Å². The first-order chi connectivity index (χ1) is 9.17. The maximum atomic E-state index is 12.3. The highest BCUT2D eigenvalue weighted by molar-refractivity contribution is 7.89. The second-order valence-corrected chi connectivity index (χ2v) is 7.36. The molecule has 1 aromatic carbocycles. The largest absolute Gasteiger partial charge is 0.326 e. The van der Waals surface area contributed by atoms with E-state index in [1.54, 1.807) is 6.92 Å². The molecule has 5 nitrogen and oxygen atoms in total. The number of nitrogens with two attached hydrogens (primary N) is 1. The lowest BCUT2D eigenvalue weighted by molar-refractivity contribution is 0.370. The lowest BCUT2D eigenvalue weighted by Crippen LogP contribution is -2.39. The third kappa shape index (κ3) is 4.58. The number of rotatable bonds is 6. The molecule has 0 amide bonds. The van der Waals surface area contributed by atoms with E-state index in [1.165, 1.54) is 12.1 Å². The van der Waals surface area contributed by atoms with E-state index in [0.717, 1.165) is 0 Å². The van der Waals surface area contributed by atoms with Gasteiger partial charge in [-0.3, -0.25) is 0 Å². The van der Waals surface area contributed by atoms with Crippen molar-refractivity contribution in [3.8, 4) is 0 Å². The second kappa shape index (κ2) is 7.06. The number of hydrogen-bond acceptors (Lipinski definition) is 4. The van der Waals surface area contributed by atoms with Gasteiger partial charge in [0, 0.05) is 24.2 Å². The molecule has 0 heterocycles. The van der Waals surface area contributed by atoms with Crippen LogP contribution in [0.5, 0.6) is 0 Å². The molecule has 1 unspecified atom stereocenters. The predicted octanol–water partition coefficient (Wildman–Crippen LogP) is 1.68. The molecule has 1 aromatic rings. The Balaban J connectivity index is 3.09. The predicted molar refractivity (Wildman–Crippen MR) is 82.7 cm³/mol. The molecule has 0 saturated carbocycles. The van der Waals surface area contributed by atoms with Crippen LogP contribution in [-0.4, -0.2) is 40.0 Å². The molecular formula is C12H19Cl2N3O2S. The Bertz CT molecular complexity index is 576. The Morgan fingerprint density at radius 2 is 1.90 bits per heavy atom. The van der Waals surface area contributed by atoms with Gasteiger partial charge in [0.05, 0.1) is 5.02 Å². The fourth-order valence-electron chi connectivity index (χ4n) is 1.85. The SMILES string of the molecule is CC(CN(C)C)NS(=O)(=O)c1cc(CN)c(Cl)cc1Cl. The van der Waals surface area contributed by atoms with Crippen molar-refractivity contribution in [2.24, 2.45) is 5.73 Å². The van der Waals surface area contributed by atoms with Gasteiger partial charge in [0.2, 0.25) is 10.0 Å². The fraction of sp³-hybridized carbons (Fsp3) is 0.500. The Kier molecular flexibility index (Phi) is 6.25.